The monoisotopic (exact) mass is 734 g/mol. The van der Waals surface area contributed by atoms with Gasteiger partial charge in [0.05, 0.1) is 0 Å². The van der Waals surface area contributed by atoms with Crippen LogP contribution >= 0.6 is 0 Å². The van der Waals surface area contributed by atoms with Gasteiger partial charge in [0, 0.05) is 0 Å². The Morgan fingerprint density at radius 2 is 1.22 bits per heavy atom. The van der Waals surface area contributed by atoms with Gasteiger partial charge in [0.2, 0.25) is 0 Å². The number of hydrogen-bond acceptors (Lipinski definition) is 0. The van der Waals surface area contributed by atoms with Crippen molar-refractivity contribution in [2.24, 2.45) is 0 Å². The second-order valence-corrected chi connectivity index (χ2v) is 21.8. The second kappa shape index (κ2) is 16.9. The molecule has 0 saturated heterocycles. The molecular formula is C42H42Cl2SiZr-2. The zero-order chi connectivity index (χ0) is 31.4. The van der Waals surface area contributed by atoms with Crippen molar-refractivity contribution in [1.29, 1.82) is 0 Å². The summed E-state index contributed by atoms with van der Waals surface area (Å²) in [6, 6.07) is 44.3. The topological polar surface area (TPSA) is 0 Å². The maximum absolute atomic E-state index is 2.36. The Kier molecular flexibility index (Phi) is 13.9. The molecule has 0 fully saturated rings. The van der Waals surface area contributed by atoms with Crippen molar-refractivity contribution in [2.75, 3.05) is 0 Å². The van der Waals surface area contributed by atoms with Crippen LogP contribution in [-0.4, -0.2) is 5.43 Å². The fourth-order valence-corrected chi connectivity index (χ4v) is 5.86. The van der Waals surface area contributed by atoms with Crippen LogP contribution in [0.5, 0.6) is 0 Å². The van der Waals surface area contributed by atoms with Gasteiger partial charge in [0.1, 0.15) is 0 Å². The summed E-state index contributed by atoms with van der Waals surface area (Å²) in [6.45, 7) is 15.6. The van der Waals surface area contributed by atoms with E-state index >= 15 is 0 Å². The average Bonchev–Trinajstić information content (AvgIpc) is 3.62. The van der Waals surface area contributed by atoms with Gasteiger partial charge in [-0.3, -0.25) is 0 Å². The Morgan fingerprint density at radius 3 is 1.89 bits per heavy atom. The normalized spacial score (nSPS) is 10.5. The molecule has 0 unspecified atom stereocenters. The summed E-state index contributed by atoms with van der Waals surface area (Å²) in [4.78, 5) is 0. The van der Waals surface area contributed by atoms with Crippen molar-refractivity contribution in [2.45, 2.75) is 53.6 Å². The van der Waals surface area contributed by atoms with Gasteiger partial charge in [-0.15, -0.1) is 68.6 Å². The van der Waals surface area contributed by atoms with Gasteiger partial charge in [-0.25, -0.2) is 0 Å². The number of halogens is 2. The number of benzene rings is 5. The van der Waals surface area contributed by atoms with Crippen molar-refractivity contribution in [3.8, 4) is 22.3 Å². The molecule has 0 atom stereocenters. The first-order chi connectivity index (χ1) is 21.1. The van der Waals surface area contributed by atoms with Crippen molar-refractivity contribution < 1.29 is 48.1 Å². The van der Waals surface area contributed by atoms with Crippen molar-refractivity contribution in [1.82, 2.24) is 0 Å². The van der Waals surface area contributed by atoms with Gasteiger partial charge in [-0.2, -0.15) is 12.1 Å². The summed E-state index contributed by atoms with van der Waals surface area (Å²) >= 11 is 1.74. The van der Waals surface area contributed by atoms with E-state index in [-0.39, 0.29) is 30.2 Å². The third-order valence-corrected chi connectivity index (χ3v) is 8.13. The SMILES string of the molecule is CC(C)c1cc2c(-c3cccc4ccccc34)cccc2[cH-]1.C[Si](C)=[Zr+2].Cc1ccc(-c2ccc(C)c3[cH-]c(C)cc23)cc1.[Cl-].[Cl-]. The summed E-state index contributed by atoms with van der Waals surface area (Å²) in [5.74, 6) is 0.563. The average molecular weight is 737 g/mol. The predicted molar refractivity (Wildman–Crippen MR) is 193 cm³/mol. The maximum atomic E-state index is 2.36. The second-order valence-electron chi connectivity index (χ2n) is 12.4. The summed E-state index contributed by atoms with van der Waals surface area (Å²) in [5.41, 5.74) is 10.9. The number of aryl methyl sites for hydroxylation is 3. The molecule has 46 heavy (non-hydrogen) atoms. The predicted octanol–water partition coefficient (Wildman–Crippen LogP) is 6.45. The van der Waals surface area contributed by atoms with Crippen LogP contribution in [0.15, 0.2) is 121 Å². The molecule has 7 aromatic rings. The summed E-state index contributed by atoms with van der Waals surface area (Å²) < 4.78 is 0. The van der Waals surface area contributed by atoms with Crippen molar-refractivity contribution in [3.63, 3.8) is 0 Å². The van der Waals surface area contributed by atoms with E-state index in [1.165, 1.54) is 76.8 Å². The minimum absolute atomic E-state index is 0. The number of fused-ring (bicyclic) bond motifs is 3. The molecule has 0 N–H and O–H groups in total. The van der Waals surface area contributed by atoms with Crippen molar-refractivity contribution >= 4 is 37.8 Å². The summed E-state index contributed by atoms with van der Waals surface area (Å²) in [6.07, 6.45) is 0. The molecule has 4 heteroatoms. The van der Waals surface area contributed by atoms with E-state index < -0.39 is 0 Å². The molecule has 0 nitrogen and oxygen atoms in total. The Labute approximate surface area is 303 Å². The molecule has 7 aromatic carbocycles. The smallest absolute Gasteiger partial charge is 0.0279 e. The molecule has 234 valence electrons. The fraction of sp³-hybridized carbons (Fsp3) is 0.190. The molecule has 0 saturated carbocycles. The van der Waals surface area contributed by atoms with Crippen LogP contribution in [-0.2, 0) is 23.3 Å². The van der Waals surface area contributed by atoms with E-state index in [1.807, 2.05) is 0 Å². The van der Waals surface area contributed by atoms with E-state index in [2.05, 4.69) is 169 Å². The number of rotatable bonds is 3. The van der Waals surface area contributed by atoms with Gasteiger partial charge in [-0.1, -0.05) is 123 Å². The van der Waals surface area contributed by atoms with E-state index in [0.29, 0.717) is 5.92 Å². The minimum atomic E-state index is 0. The first-order valence-corrected chi connectivity index (χ1v) is 21.7. The quantitative estimate of drug-likeness (QED) is 0.145. The fourth-order valence-electron chi connectivity index (χ4n) is 5.86. The molecule has 0 spiro atoms. The first-order valence-electron chi connectivity index (χ1n) is 15.6. The maximum Gasteiger partial charge on any atom is -0.0279 e. The third-order valence-electron chi connectivity index (χ3n) is 8.13. The van der Waals surface area contributed by atoms with Crippen LogP contribution in [0.4, 0.5) is 0 Å². The Morgan fingerprint density at radius 1 is 0.609 bits per heavy atom. The molecule has 0 amide bonds. The van der Waals surface area contributed by atoms with Crippen LogP contribution in [0, 0.1) is 20.8 Å². The van der Waals surface area contributed by atoms with Crippen LogP contribution in [0.25, 0.3) is 54.6 Å². The molecule has 0 heterocycles. The Hall–Kier alpha value is -2.74. The molecule has 0 aromatic heterocycles. The minimum Gasteiger partial charge on any atom is -1.00 e. The van der Waals surface area contributed by atoms with E-state index in [0.717, 1.165) is 0 Å². The standard InChI is InChI=1S/C22H19.C18H17.C2H6Si.2ClH.Zr/c1-15(2)18-13-17-9-6-12-21(22(17)14-18)20-11-5-8-16-7-3-4-10-19(16)20;1-12-4-7-15(8-5-12)16-9-6-14(3)17-10-13(2)11-18(16)17;1-3-2;;;/h3-15H,1-2H3;4-11H,1-3H3;1-2H3;2*1H;/q2*-1;;;;+2/p-2. The molecule has 0 bridgehead atoms. The van der Waals surface area contributed by atoms with E-state index in [4.69, 9.17) is 0 Å². The van der Waals surface area contributed by atoms with Crippen LogP contribution in [0.2, 0.25) is 13.1 Å². The third kappa shape index (κ3) is 8.78. The van der Waals surface area contributed by atoms with Gasteiger partial charge >= 0.3 is 41.9 Å². The van der Waals surface area contributed by atoms with Crippen LogP contribution in [0.3, 0.4) is 0 Å². The van der Waals surface area contributed by atoms with Crippen LogP contribution < -0.4 is 24.8 Å². The zero-order valence-electron chi connectivity index (χ0n) is 27.9. The molecular weight excluding hydrogens is 695 g/mol. The van der Waals surface area contributed by atoms with E-state index in [9.17, 15) is 0 Å². The van der Waals surface area contributed by atoms with Crippen molar-refractivity contribution in [3.05, 3.63) is 144 Å². The van der Waals surface area contributed by atoms with Crippen LogP contribution in [0.1, 0.15) is 42.0 Å². The summed E-state index contributed by atoms with van der Waals surface area (Å²) in [5, 5.41) is 8.08. The molecule has 0 aliphatic heterocycles. The largest absolute Gasteiger partial charge is 1.00 e. The van der Waals surface area contributed by atoms with Gasteiger partial charge in [0.25, 0.3) is 0 Å². The van der Waals surface area contributed by atoms with Gasteiger partial charge < -0.3 is 24.8 Å². The summed E-state index contributed by atoms with van der Waals surface area (Å²) in [7, 11) is 0. The Bertz CT molecular complexity index is 2050. The molecule has 0 aliphatic carbocycles. The number of hydrogen-bond donors (Lipinski definition) is 0. The van der Waals surface area contributed by atoms with Gasteiger partial charge in [0.15, 0.2) is 0 Å². The first kappa shape index (κ1) is 37.7. The Balaban J connectivity index is 0.000000219. The molecule has 0 radical (unpaired) electrons. The van der Waals surface area contributed by atoms with E-state index in [1.54, 1.807) is 23.3 Å². The molecule has 0 aliphatic rings. The van der Waals surface area contributed by atoms with Gasteiger partial charge in [-0.05, 0) is 34.7 Å². The molecule has 7 rings (SSSR count). The zero-order valence-corrected chi connectivity index (χ0v) is 32.9.